The summed E-state index contributed by atoms with van der Waals surface area (Å²) < 4.78 is 31.6. The Morgan fingerprint density at radius 2 is 1.80 bits per heavy atom. The number of carboxylic acid groups (broad SMARTS) is 1. The van der Waals surface area contributed by atoms with E-state index in [0.717, 1.165) is 0 Å². The summed E-state index contributed by atoms with van der Waals surface area (Å²) in [5.41, 5.74) is -0.431. The Hall–Kier alpha value is -1.87. The van der Waals surface area contributed by atoms with Crippen LogP contribution in [0.1, 0.15) is 28.8 Å². The third-order valence-electron chi connectivity index (χ3n) is 2.66. The summed E-state index contributed by atoms with van der Waals surface area (Å²) in [5.74, 6) is -2.00. The predicted molar refractivity (Wildman–Crippen MR) is 69.0 cm³/mol. The SMILES string of the molecule is CNC(=O)C(C)NS(=O)(=O)c1c(C)oc(C)c1C(=O)O. The molecule has 1 amide bonds. The van der Waals surface area contributed by atoms with E-state index in [4.69, 9.17) is 9.52 Å². The molecule has 112 valence electrons. The second-order valence-electron chi connectivity index (χ2n) is 4.18. The van der Waals surface area contributed by atoms with Crippen molar-refractivity contribution in [3.8, 4) is 0 Å². The van der Waals surface area contributed by atoms with Gasteiger partial charge in [-0.15, -0.1) is 0 Å². The molecule has 0 bridgehead atoms. The fourth-order valence-corrected chi connectivity index (χ4v) is 3.41. The summed E-state index contributed by atoms with van der Waals surface area (Å²) in [6, 6.07) is -1.04. The molecule has 1 atom stereocenters. The van der Waals surface area contributed by atoms with Crippen molar-refractivity contribution >= 4 is 21.9 Å². The molecule has 1 rings (SSSR count). The lowest BCUT2D eigenvalue weighted by molar-refractivity contribution is -0.121. The van der Waals surface area contributed by atoms with Gasteiger partial charge in [0.1, 0.15) is 22.0 Å². The van der Waals surface area contributed by atoms with Crippen LogP contribution in [-0.2, 0) is 14.8 Å². The first kappa shape index (κ1) is 16.2. The fourth-order valence-electron chi connectivity index (χ4n) is 1.80. The molecule has 0 radical (unpaired) electrons. The number of carbonyl (C=O) groups is 2. The van der Waals surface area contributed by atoms with Crippen LogP contribution < -0.4 is 10.0 Å². The van der Waals surface area contributed by atoms with E-state index >= 15 is 0 Å². The standard InChI is InChI=1S/C11H16N2O6S/c1-5(10(14)12-4)13-20(17,18)9-7(3)19-6(2)8(9)11(15)16/h5,13H,1-4H3,(H,12,14)(H,15,16). The van der Waals surface area contributed by atoms with Crippen LogP contribution in [0.5, 0.6) is 0 Å². The highest BCUT2D eigenvalue weighted by Gasteiger charge is 2.32. The van der Waals surface area contributed by atoms with Gasteiger partial charge >= 0.3 is 5.97 Å². The Labute approximate surface area is 116 Å². The first-order valence-electron chi connectivity index (χ1n) is 5.69. The van der Waals surface area contributed by atoms with Crippen molar-refractivity contribution in [3.05, 3.63) is 17.1 Å². The Morgan fingerprint density at radius 1 is 1.25 bits per heavy atom. The molecule has 0 saturated carbocycles. The van der Waals surface area contributed by atoms with Crippen LogP contribution in [0.15, 0.2) is 9.31 Å². The summed E-state index contributed by atoms with van der Waals surface area (Å²) in [7, 11) is -2.82. The first-order chi connectivity index (χ1) is 9.11. The van der Waals surface area contributed by atoms with Gasteiger partial charge in [-0.25, -0.2) is 13.2 Å². The first-order valence-corrected chi connectivity index (χ1v) is 7.17. The Bertz CT molecular complexity index is 646. The number of carbonyl (C=O) groups excluding carboxylic acids is 1. The highest BCUT2D eigenvalue weighted by molar-refractivity contribution is 7.89. The van der Waals surface area contributed by atoms with E-state index in [1.165, 1.54) is 27.8 Å². The van der Waals surface area contributed by atoms with Crippen molar-refractivity contribution in [2.45, 2.75) is 31.7 Å². The number of hydrogen-bond acceptors (Lipinski definition) is 5. The number of aryl methyl sites for hydroxylation is 2. The van der Waals surface area contributed by atoms with Crippen molar-refractivity contribution in [2.75, 3.05) is 7.05 Å². The van der Waals surface area contributed by atoms with E-state index in [2.05, 4.69) is 10.0 Å². The summed E-state index contributed by atoms with van der Waals surface area (Å²) in [6.45, 7) is 4.05. The van der Waals surface area contributed by atoms with Gasteiger partial charge in [0.2, 0.25) is 15.9 Å². The smallest absolute Gasteiger partial charge is 0.340 e. The molecule has 1 aromatic rings. The largest absolute Gasteiger partial charge is 0.478 e. The molecule has 0 saturated heterocycles. The third kappa shape index (κ3) is 2.99. The van der Waals surface area contributed by atoms with E-state index in [1.807, 2.05) is 0 Å². The summed E-state index contributed by atoms with van der Waals surface area (Å²) >= 11 is 0. The van der Waals surface area contributed by atoms with Crippen LogP contribution in [0.25, 0.3) is 0 Å². The lowest BCUT2D eigenvalue weighted by atomic mass is 10.2. The molecule has 0 spiro atoms. The highest BCUT2D eigenvalue weighted by atomic mass is 32.2. The zero-order valence-electron chi connectivity index (χ0n) is 11.5. The van der Waals surface area contributed by atoms with Gasteiger partial charge in [0.15, 0.2) is 0 Å². The van der Waals surface area contributed by atoms with Gasteiger partial charge in [-0.05, 0) is 20.8 Å². The number of nitrogens with one attached hydrogen (secondary N) is 2. The molecule has 1 heterocycles. The van der Waals surface area contributed by atoms with E-state index < -0.39 is 38.4 Å². The zero-order chi connectivity index (χ0) is 15.7. The predicted octanol–water partition coefficient (Wildman–Crippen LogP) is 0.00744. The number of likely N-dealkylation sites (N-methyl/N-ethyl adjacent to an activating group) is 1. The minimum atomic E-state index is -4.19. The van der Waals surface area contributed by atoms with Crippen molar-refractivity contribution in [2.24, 2.45) is 0 Å². The van der Waals surface area contributed by atoms with Crippen LogP contribution in [0.2, 0.25) is 0 Å². The fraction of sp³-hybridized carbons (Fsp3) is 0.455. The van der Waals surface area contributed by atoms with Crippen LogP contribution in [0.3, 0.4) is 0 Å². The molecule has 9 heteroatoms. The molecule has 1 aromatic heterocycles. The van der Waals surface area contributed by atoms with Crippen molar-refractivity contribution in [1.82, 2.24) is 10.0 Å². The van der Waals surface area contributed by atoms with Gasteiger partial charge in [0.05, 0.1) is 6.04 Å². The number of rotatable bonds is 5. The molecular weight excluding hydrogens is 288 g/mol. The molecule has 8 nitrogen and oxygen atoms in total. The maximum Gasteiger partial charge on any atom is 0.340 e. The molecule has 0 aliphatic heterocycles. The summed E-state index contributed by atoms with van der Waals surface area (Å²) in [5, 5.41) is 11.4. The van der Waals surface area contributed by atoms with Gasteiger partial charge in [-0.2, -0.15) is 4.72 Å². The number of amides is 1. The lowest BCUT2D eigenvalue weighted by Gasteiger charge is -2.12. The Balaban J connectivity index is 3.30. The van der Waals surface area contributed by atoms with Gasteiger partial charge in [-0.3, -0.25) is 4.79 Å². The third-order valence-corrected chi connectivity index (χ3v) is 4.35. The normalized spacial score (nSPS) is 13.0. The average Bonchev–Trinajstić information content (AvgIpc) is 2.63. The quantitative estimate of drug-likeness (QED) is 0.703. The number of carboxylic acids is 1. The number of hydrogen-bond donors (Lipinski definition) is 3. The van der Waals surface area contributed by atoms with Gasteiger partial charge < -0.3 is 14.8 Å². The van der Waals surface area contributed by atoms with Gasteiger partial charge in [-0.1, -0.05) is 0 Å². The van der Waals surface area contributed by atoms with Crippen molar-refractivity contribution < 1.29 is 27.5 Å². The topological polar surface area (TPSA) is 126 Å². The maximum absolute atomic E-state index is 12.2. The number of aromatic carboxylic acids is 1. The molecule has 1 unspecified atom stereocenters. The maximum atomic E-state index is 12.2. The van der Waals surface area contributed by atoms with Crippen LogP contribution in [-0.4, -0.2) is 38.5 Å². The summed E-state index contributed by atoms with van der Waals surface area (Å²) in [6.07, 6.45) is 0. The van der Waals surface area contributed by atoms with E-state index in [-0.39, 0.29) is 11.5 Å². The molecule has 0 aliphatic rings. The Kier molecular flexibility index (Phi) is 4.56. The van der Waals surface area contributed by atoms with Crippen LogP contribution >= 0.6 is 0 Å². The minimum absolute atomic E-state index is 0.0111. The molecule has 0 aliphatic carbocycles. The second-order valence-corrected chi connectivity index (χ2v) is 5.83. The molecule has 3 N–H and O–H groups in total. The molecule has 20 heavy (non-hydrogen) atoms. The summed E-state index contributed by atoms with van der Waals surface area (Å²) in [4.78, 5) is 22.0. The second kappa shape index (κ2) is 5.63. The van der Waals surface area contributed by atoms with Crippen LogP contribution in [0, 0.1) is 13.8 Å². The van der Waals surface area contributed by atoms with Crippen molar-refractivity contribution in [1.29, 1.82) is 0 Å². The van der Waals surface area contributed by atoms with E-state index in [9.17, 15) is 18.0 Å². The zero-order valence-corrected chi connectivity index (χ0v) is 12.3. The van der Waals surface area contributed by atoms with Crippen molar-refractivity contribution in [3.63, 3.8) is 0 Å². The van der Waals surface area contributed by atoms with E-state index in [1.54, 1.807) is 0 Å². The lowest BCUT2D eigenvalue weighted by Crippen LogP contribution is -2.43. The number of sulfonamides is 1. The Morgan fingerprint density at radius 3 is 2.25 bits per heavy atom. The molecule has 0 aromatic carbocycles. The van der Waals surface area contributed by atoms with Crippen LogP contribution in [0.4, 0.5) is 0 Å². The highest BCUT2D eigenvalue weighted by Crippen LogP contribution is 2.26. The minimum Gasteiger partial charge on any atom is -0.478 e. The van der Waals surface area contributed by atoms with Gasteiger partial charge in [0, 0.05) is 7.05 Å². The van der Waals surface area contributed by atoms with Gasteiger partial charge in [0.25, 0.3) is 0 Å². The molecule has 0 fully saturated rings. The number of furan rings is 1. The molecular formula is C11H16N2O6S. The average molecular weight is 304 g/mol. The van der Waals surface area contributed by atoms with E-state index in [0.29, 0.717) is 0 Å². The monoisotopic (exact) mass is 304 g/mol.